The van der Waals surface area contributed by atoms with Gasteiger partial charge in [-0.2, -0.15) is 0 Å². The van der Waals surface area contributed by atoms with Gasteiger partial charge >= 0.3 is 0 Å². The van der Waals surface area contributed by atoms with E-state index < -0.39 is 4.92 Å². The zero-order valence-electron chi connectivity index (χ0n) is 17.5. The number of rotatable bonds is 6. The summed E-state index contributed by atoms with van der Waals surface area (Å²) >= 11 is 6.68. The Balaban J connectivity index is 1.30. The third kappa shape index (κ3) is 4.45. The van der Waals surface area contributed by atoms with Crippen LogP contribution in [-0.2, 0) is 11.4 Å². The van der Waals surface area contributed by atoms with Gasteiger partial charge in [0.1, 0.15) is 12.4 Å². The van der Waals surface area contributed by atoms with E-state index >= 15 is 0 Å². The number of anilines is 1. The molecular formula is C24H16N2O6S2. The van der Waals surface area contributed by atoms with Gasteiger partial charge in [-0.25, -0.2) is 0 Å². The lowest BCUT2D eigenvalue weighted by atomic mass is 10.2. The standard InChI is InChI=1S/C24H16N2O6S2/c27-23-22(34-24(33)25(23)18-8-9-20-21(12-18)32-14-31-20)11-16-2-1-3-19(10-16)30-13-15-4-6-17(7-5-15)26(28)29/h1-12H,13-14H2/b22-11+. The number of carbonyl (C=O) groups is 1. The van der Waals surface area contributed by atoms with Crippen molar-refractivity contribution in [2.45, 2.75) is 6.61 Å². The van der Waals surface area contributed by atoms with Gasteiger partial charge in [0.05, 0.1) is 15.5 Å². The summed E-state index contributed by atoms with van der Waals surface area (Å²) in [6, 6.07) is 18.8. The van der Waals surface area contributed by atoms with Crippen LogP contribution in [0.3, 0.4) is 0 Å². The van der Waals surface area contributed by atoms with Crippen LogP contribution in [0.4, 0.5) is 11.4 Å². The number of nitro benzene ring substituents is 1. The van der Waals surface area contributed by atoms with Crippen molar-refractivity contribution in [2.75, 3.05) is 11.7 Å². The molecule has 0 atom stereocenters. The van der Waals surface area contributed by atoms with Gasteiger partial charge in [-0.05, 0) is 53.6 Å². The van der Waals surface area contributed by atoms with Gasteiger partial charge in [0.25, 0.3) is 11.6 Å². The number of amides is 1. The number of thioether (sulfide) groups is 1. The highest BCUT2D eigenvalue weighted by Gasteiger charge is 2.34. The van der Waals surface area contributed by atoms with E-state index in [0.717, 1.165) is 11.1 Å². The van der Waals surface area contributed by atoms with Crippen molar-refractivity contribution >= 4 is 51.7 Å². The molecule has 0 saturated carbocycles. The Labute approximate surface area is 203 Å². The first-order chi connectivity index (χ1) is 16.5. The van der Waals surface area contributed by atoms with Crippen molar-refractivity contribution in [3.63, 3.8) is 0 Å². The Bertz CT molecular complexity index is 1340. The fourth-order valence-corrected chi connectivity index (χ4v) is 4.74. The predicted octanol–water partition coefficient (Wildman–Crippen LogP) is 5.31. The van der Waals surface area contributed by atoms with Crippen LogP contribution in [0.25, 0.3) is 6.08 Å². The third-order valence-corrected chi connectivity index (χ3v) is 6.42. The maximum absolute atomic E-state index is 13.1. The van der Waals surface area contributed by atoms with E-state index in [1.54, 1.807) is 42.5 Å². The summed E-state index contributed by atoms with van der Waals surface area (Å²) < 4.78 is 17.0. The van der Waals surface area contributed by atoms with Crippen LogP contribution in [-0.4, -0.2) is 21.9 Å². The van der Waals surface area contributed by atoms with E-state index in [9.17, 15) is 14.9 Å². The van der Waals surface area contributed by atoms with Gasteiger partial charge in [-0.15, -0.1) is 0 Å². The number of carbonyl (C=O) groups excluding carboxylic acids is 1. The highest BCUT2D eigenvalue weighted by molar-refractivity contribution is 8.27. The van der Waals surface area contributed by atoms with Crippen molar-refractivity contribution in [3.8, 4) is 17.2 Å². The smallest absolute Gasteiger partial charge is 0.270 e. The van der Waals surface area contributed by atoms with E-state index in [4.69, 9.17) is 26.4 Å². The van der Waals surface area contributed by atoms with E-state index in [1.807, 2.05) is 18.2 Å². The zero-order valence-corrected chi connectivity index (χ0v) is 19.1. The van der Waals surface area contributed by atoms with Crippen molar-refractivity contribution in [1.82, 2.24) is 0 Å². The Hall–Kier alpha value is -3.89. The largest absolute Gasteiger partial charge is 0.489 e. The lowest BCUT2D eigenvalue weighted by Crippen LogP contribution is -2.27. The molecule has 2 aliphatic heterocycles. The van der Waals surface area contributed by atoms with Gasteiger partial charge in [-0.3, -0.25) is 19.8 Å². The minimum absolute atomic E-state index is 0.0313. The molecule has 2 aliphatic rings. The Morgan fingerprint density at radius 1 is 1.09 bits per heavy atom. The second-order valence-electron chi connectivity index (χ2n) is 7.34. The van der Waals surface area contributed by atoms with Gasteiger partial charge < -0.3 is 14.2 Å². The van der Waals surface area contributed by atoms with Crippen molar-refractivity contribution in [1.29, 1.82) is 0 Å². The number of benzene rings is 3. The first kappa shape index (κ1) is 21.9. The molecule has 3 aromatic carbocycles. The second-order valence-corrected chi connectivity index (χ2v) is 9.02. The topological polar surface area (TPSA) is 91.1 Å². The maximum Gasteiger partial charge on any atom is 0.270 e. The van der Waals surface area contributed by atoms with Crippen LogP contribution >= 0.6 is 24.0 Å². The molecule has 3 aromatic rings. The van der Waals surface area contributed by atoms with Crippen LogP contribution in [0.5, 0.6) is 17.2 Å². The summed E-state index contributed by atoms with van der Waals surface area (Å²) in [6.07, 6.45) is 1.77. The molecule has 1 saturated heterocycles. The van der Waals surface area contributed by atoms with Crippen molar-refractivity contribution < 1.29 is 23.9 Å². The summed E-state index contributed by atoms with van der Waals surface area (Å²) in [5.74, 6) is 1.60. The van der Waals surface area contributed by atoms with Crippen LogP contribution < -0.4 is 19.1 Å². The Kier molecular flexibility index (Phi) is 5.91. The number of fused-ring (bicyclic) bond motifs is 1. The molecule has 2 heterocycles. The molecule has 5 rings (SSSR count). The summed E-state index contributed by atoms with van der Waals surface area (Å²) in [4.78, 5) is 25.4. The zero-order chi connectivity index (χ0) is 23.7. The van der Waals surface area contributed by atoms with Crippen LogP contribution in [0.1, 0.15) is 11.1 Å². The molecule has 1 fully saturated rings. The van der Waals surface area contributed by atoms with Crippen LogP contribution in [0.15, 0.2) is 71.6 Å². The van der Waals surface area contributed by atoms with E-state index in [-0.39, 0.29) is 25.0 Å². The fraction of sp³-hybridized carbons (Fsp3) is 0.0833. The second kappa shape index (κ2) is 9.16. The van der Waals surface area contributed by atoms with Gasteiger partial charge in [0.15, 0.2) is 15.8 Å². The molecule has 0 N–H and O–H groups in total. The highest BCUT2D eigenvalue weighted by atomic mass is 32.2. The highest BCUT2D eigenvalue weighted by Crippen LogP contribution is 2.40. The van der Waals surface area contributed by atoms with Gasteiger partial charge in [0, 0.05) is 18.2 Å². The lowest BCUT2D eigenvalue weighted by molar-refractivity contribution is -0.384. The number of nitrogens with zero attached hydrogens (tertiary/aromatic N) is 2. The Morgan fingerprint density at radius 2 is 1.88 bits per heavy atom. The van der Waals surface area contributed by atoms with Crippen LogP contribution in [0.2, 0.25) is 0 Å². The summed E-state index contributed by atoms with van der Waals surface area (Å²) in [6.45, 7) is 0.410. The molecule has 10 heteroatoms. The first-order valence-corrected chi connectivity index (χ1v) is 11.3. The minimum Gasteiger partial charge on any atom is -0.489 e. The Morgan fingerprint density at radius 3 is 2.68 bits per heavy atom. The number of thiocarbonyl (C=S) groups is 1. The van der Waals surface area contributed by atoms with Crippen molar-refractivity contribution in [3.05, 3.63) is 92.9 Å². The molecule has 0 bridgehead atoms. The fourth-order valence-electron chi connectivity index (χ4n) is 3.44. The van der Waals surface area contributed by atoms with Crippen molar-refractivity contribution in [2.24, 2.45) is 0 Å². The average molecular weight is 493 g/mol. The molecule has 0 spiro atoms. The monoisotopic (exact) mass is 492 g/mol. The molecular weight excluding hydrogens is 476 g/mol. The number of nitro groups is 1. The van der Waals surface area contributed by atoms with Gasteiger partial charge in [0.2, 0.25) is 6.79 Å². The number of hydrogen-bond acceptors (Lipinski definition) is 8. The number of ether oxygens (including phenoxy) is 3. The van der Waals surface area contributed by atoms with E-state index in [1.165, 1.54) is 28.8 Å². The molecule has 0 aromatic heterocycles. The third-order valence-electron chi connectivity index (χ3n) is 5.12. The van der Waals surface area contributed by atoms with E-state index in [2.05, 4.69) is 0 Å². The molecule has 0 radical (unpaired) electrons. The normalized spacial score (nSPS) is 15.8. The van der Waals surface area contributed by atoms with Crippen LogP contribution in [0, 0.1) is 10.1 Å². The number of hydrogen-bond donors (Lipinski definition) is 0. The average Bonchev–Trinajstić information content (AvgIpc) is 3.41. The van der Waals surface area contributed by atoms with E-state index in [0.29, 0.717) is 32.2 Å². The molecule has 0 unspecified atom stereocenters. The molecule has 170 valence electrons. The summed E-state index contributed by atoms with van der Waals surface area (Å²) in [5.41, 5.74) is 2.24. The maximum atomic E-state index is 13.1. The molecule has 34 heavy (non-hydrogen) atoms. The molecule has 0 aliphatic carbocycles. The predicted molar refractivity (Wildman–Crippen MR) is 132 cm³/mol. The molecule has 8 nitrogen and oxygen atoms in total. The number of non-ortho nitro benzene ring substituents is 1. The SMILES string of the molecule is O=C1/C(=C\c2cccc(OCc3ccc([N+](=O)[O-])cc3)c2)SC(=S)N1c1ccc2c(c1)OCO2. The molecule has 1 amide bonds. The van der Waals surface area contributed by atoms with Gasteiger partial charge in [-0.1, -0.05) is 36.1 Å². The lowest BCUT2D eigenvalue weighted by Gasteiger charge is -2.14. The minimum atomic E-state index is -0.441. The quantitative estimate of drug-likeness (QED) is 0.198. The first-order valence-electron chi connectivity index (χ1n) is 10.1. The summed E-state index contributed by atoms with van der Waals surface area (Å²) in [5, 5.41) is 10.8. The summed E-state index contributed by atoms with van der Waals surface area (Å²) in [7, 11) is 0.